The van der Waals surface area contributed by atoms with Gasteiger partial charge in [-0.2, -0.15) is 5.10 Å². The first-order chi connectivity index (χ1) is 15.2. The van der Waals surface area contributed by atoms with Gasteiger partial charge in [-0.05, 0) is 12.1 Å². The van der Waals surface area contributed by atoms with Gasteiger partial charge in [0.1, 0.15) is 0 Å². The standard InChI is InChI=1S/C21H22N6O3S/c1-29-8-5-22-21(28)17-11-16-18(31-17)20(27-6-9-30-10-7-27)25-19(24-16)13-3-2-4-15-14(13)12-23-26-15/h2-4,11-12H,5-10H2,1H3,(H,22,28)(H,23,26). The summed E-state index contributed by atoms with van der Waals surface area (Å²) in [5.74, 6) is 1.32. The third-order valence-electron chi connectivity index (χ3n) is 5.21. The highest BCUT2D eigenvalue weighted by atomic mass is 32.1. The Hall–Kier alpha value is -3.08. The molecule has 0 radical (unpaired) electrons. The normalized spacial score (nSPS) is 14.4. The maximum absolute atomic E-state index is 12.6. The number of benzene rings is 1. The van der Waals surface area contributed by atoms with Crippen LogP contribution in [0.15, 0.2) is 30.5 Å². The molecule has 5 rings (SSSR count). The number of thiophene rings is 1. The summed E-state index contributed by atoms with van der Waals surface area (Å²) in [5.41, 5.74) is 2.59. The number of carbonyl (C=O) groups excluding carboxylic acids is 1. The van der Waals surface area contributed by atoms with Gasteiger partial charge < -0.3 is 19.7 Å². The van der Waals surface area contributed by atoms with Gasteiger partial charge in [-0.15, -0.1) is 11.3 Å². The average molecular weight is 439 g/mol. The van der Waals surface area contributed by atoms with Gasteiger partial charge in [0, 0.05) is 37.7 Å². The van der Waals surface area contributed by atoms with Crippen LogP contribution in [-0.2, 0) is 9.47 Å². The summed E-state index contributed by atoms with van der Waals surface area (Å²) in [6.07, 6.45) is 1.79. The van der Waals surface area contributed by atoms with Crippen LogP contribution < -0.4 is 10.2 Å². The lowest BCUT2D eigenvalue weighted by Crippen LogP contribution is -2.36. The summed E-state index contributed by atoms with van der Waals surface area (Å²) >= 11 is 1.41. The molecule has 1 aromatic carbocycles. The number of nitrogens with one attached hydrogen (secondary N) is 2. The Labute approximate surface area is 182 Å². The number of carbonyl (C=O) groups is 1. The van der Waals surface area contributed by atoms with Crippen LogP contribution in [0.3, 0.4) is 0 Å². The summed E-state index contributed by atoms with van der Waals surface area (Å²) in [7, 11) is 1.61. The number of hydrogen-bond acceptors (Lipinski definition) is 8. The summed E-state index contributed by atoms with van der Waals surface area (Å²) < 4.78 is 11.4. The quantitative estimate of drug-likeness (QED) is 0.446. The fraction of sp³-hybridized carbons (Fsp3) is 0.333. The van der Waals surface area contributed by atoms with E-state index in [9.17, 15) is 4.79 Å². The third kappa shape index (κ3) is 3.85. The van der Waals surface area contributed by atoms with Crippen LogP contribution in [0.4, 0.5) is 5.82 Å². The molecule has 3 aromatic heterocycles. The zero-order chi connectivity index (χ0) is 21.2. The van der Waals surface area contributed by atoms with Gasteiger partial charge in [0.05, 0.1) is 46.6 Å². The number of fused-ring (bicyclic) bond motifs is 2. The number of H-pyrrole nitrogens is 1. The number of methoxy groups -OCH3 is 1. The molecule has 1 aliphatic heterocycles. The Bertz CT molecular complexity index is 1230. The maximum Gasteiger partial charge on any atom is 0.261 e. The minimum atomic E-state index is -0.133. The van der Waals surface area contributed by atoms with E-state index in [1.807, 2.05) is 24.3 Å². The van der Waals surface area contributed by atoms with Crippen molar-refractivity contribution in [1.29, 1.82) is 0 Å². The van der Waals surface area contributed by atoms with Crippen LogP contribution in [0.5, 0.6) is 0 Å². The van der Waals surface area contributed by atoms with Gasteiger partial charge in [0.2, 0.25) is 0 Å². The van der Waals surface area contributed by atoms with E-state index in [1.54, 1.807) is 13.3 Å². The van der Waals surface area contributed by atoms with Crippen LogP contribution in [0.2, 0.25) is 0 Å². The van der Waals surface area contributed by atoms with E-state index < -0.39 is 0 Å². The van der Waals surface area contributed by atoms with E-state index in [4.69, 9.17) is 19.4 Å². The predicted octanol–water partition coefficient (Wildman–Crippen LogP) is 2.45. The van der Waals surface area contributed by atoms with Gasteiger partial charge in [0.25, 0.3) is 5.91 Å². The largest absolute Gasteiger partial charge is 0.383 e. The molecule has 0 aliphatic carbocycles. The van der Waals surface area contributed by atoms with Crippen molar-refractivity contribution < 1.29 is 14.3 Å². The number of rotatable bonds is 6. The number of nitrogens with zero attached hydrogens (tertiary/aromatic N) is 4. The van der Waals surface area contributed by atoms with E-state index in [2.05, 4.69) is 20.4 Å². The molecule has 10 heteroatoms. The van der Waals surface area contributed by atoms with E-state index in [0.29, 0.717) is 37.1 Å². The fourth-order valence-electron chi connectivity index (χ4n) is 3.65. The summed E-state index contributed by atoms with van der Waals surface area (Å²) in [4.78, 5) is 25.2. The second-order valence-corrected chi connectivity index (χ2v) is 8.23. The van der Waals surface area contributed by atoms with Gasteiger partial charge in [-0.1, -0.05) is 12.1 Å². The Morgan fingerprint density at radius 3 is 3.03 bits per heavy atom. The molecule has 1 amide bonds. The highest BCUT2D eigenvalue weighted by Crippen LogP contribution is 2.35. The fourth-order valence-corrected chi connectivity index (χ4v) is 4.68. The van der Waals surface area contributed by atoms with Crippen molar-refractivity contribution in [3.8, 4) is 11.4 Å². The Morgan fingerprint density at radius 1 is 1.32 bits per heavy atom. The molecule has 0 saturated carbocycles. The lowest BCUT2D eigenvalue weighted by atomic mass is 10.1. The molecule has 31 heavy (non-hydrogen) atoms. The smallest absolute Gasteiger partial charge is 0.261 e. The van der Waals surface area contributed by atoms with Crippen LogP contribution in [0, 0.1) is 0 Å². The number of anilines is 1. The minimum absolute atomic E-state index is 0.133. The van der Waals surface area contributed by atoms with E-state index in [-0.39, 0.29) is 5.91 Å². The number of ether oxygens (including phenoxy) is 2. The van der Waals surface area contributed by atoms with E-state index in [0.717, 1.165) is 45.6 Å². The minimum Gasteiger partial charge on any atom is -0.383 e. The molecule has 1 aliphatic rings. The van der Waals surface area contributed by atoms with Gasteiger partial charge >= 0.3 is 0 Å². The number of aromatic nitrogens is 4. The molecule has 4 heterocycles. The number of amides is 1. The van der Waals surface area contributed by atoms with E-state index >= 15 is 0 Å². The van der Waals surface area contributed by atoms with Crippen LogP contribution >= 0.6 is 11.3 Å². The van der Waals surface area contributed by atoms with Crippen molar-refractivity contribution in [3.63, 3.8) is 0 Å². The van der Waals surface area contributed by atoms with Crippen molar-refractivity contribution in [1.82, 2.24) is 25.5 Å². The Kier molecular flexibility index (Phi) is 5.49. The Morgan fingerprint density at radius 2 is 2.19 bits per heavy atom. The zero-order valence-corrected chi connectivity index (χ0v) is 17.9. The number of hydrogen-bond donors (Lipinski definition) is 2. The van der Waals surface area contributed by atoms with Crippen molar-refractivity contribution in [3.05, 3.63) is 35.3 Å². The first-order valence-corrected chi connectivity index (χ1v) is 10.9. The second kappa shape index (κ2) is 8.58. The first-order valence-electron chi connectivity index (χ1n) is 10.1. The van der Waals surface area contributed by atoms with Crippen LogP contribution in [0.25, 0.3) is 32.5 Å². The summed E-state index contributed by atoms with van der Waals surface area (Å²) in [6.45, 7) is 3.71. The monoisotopic (exact) mass is 438 g/mol. The van der Waals surface area contributed by atoms with Gasteiger partial charge in [-0.25, -0.2) is 9.97 Å². The topological polar surface area (TPSA) is 105 Å². The zero-order valence-electron chi connectivity index (χ0n) is 17.1. The lowest BCUT2D eigenvalue weighted by Gasteiger charge is -2.28. The average Bonchev–Trinajstić information content (AvgIpc) is 3.46. The molecule has 160 valence electrons. The van der Waals surface area contributed by atoms with Crippen LogP contribution in [-0.4, -0.2) is 72.6 Å². The summed E-state index contributed by atoms with van der Waals surface area (Å²) in [6, 6.07) is 7.76. The third-order valence-corrected chi connectivity index (χ3v) is 6.32. The summed E-state index contributed by atoms with van der Waals surface area (Å²) in [5, 5.41) is 11.0. The molecular formula is C21H22N6O3S. The maximum atomic E-state index is 12.6. The highest BCUT2D eigenvalue weighted by Gasteiger charge is 2.22. The molecule has 9 nitrogen and oxygen atoms in total. The predicted molar refractivity (Wildman–Crippen MR) is 120 cm³/mol. The molecule has 0 spiro atoms. The lowest BCUT2D eigenvalue weighted by molar-refractivity contribution is 0.0941. The second-order valence-electron chi connectivity index (χ2n) is 7.18. The van der Waals surface area contributed by atoms with Crippen molar-refractivity contribution in [2.45, 2.75) is 0 Å². The Balaban J connectivity index is 1.62. The highest BCUT2D eigenvalue weighted by molar-refractivity contribution is 7.21. The van der Waals surface area contributed by atoms with Crippen molar-refractivity contribution >= 4 is 44.2 Å². The molecule has 0 atom stereocenters. The van der Waals surface area contributed by atoms with Gasteiger partial charge in [0.15, 0.2) is 11.6 Å². The number of aromatic amines is 1. The van der Waals surface area contributed by atoms with Crippen molar-refractivity contribution in [2.24, 2.45) is 0 Å². The molecule has 1 saturated heterocycles. The molecule has 0 unspecified atom stereocenters. The molecular weight excluding hydrogens is 416 g/mol. The SMILES string of the molecule is COCCNC(=O)c1cc2nc(-c3cccc4[nH]ncc34)nc(N3CCOCC3)c2s1. The molecule has 4 aromatic rings. The molecule has 2 N–H and O–H groups in total. The van der Waals surface area contributed by atoms with Gasteiger partial charge in [-0.3, -0.25) is 9.89 Å². The van der Waals surface area contributed by atoms with Crippen LogP contribution in [0.1, 0.15) is 9.67 Å². The number of morpholine rings is 1. The first kappa shape index (κ1) is 19.9. The van der Waals surface area contributed by atoms with Crippen molar-refractivity contribution in [2.75, 3.05) is 51.5 Å². The van der Waals surface area contributed by atoms with E-state index in [1.165, 1.54) is 11.3 Å². The molecule has 1 fully saturated rings. The molecule has 0 bridgehead atoms.